The van der Waals surface area contributed by atoms with Gasteiger partial charge in [-0.05, 0) is 56.5 Å². The number of amides is 3. The number of nitrogens with zero attached hydrogens (tertiary/aromatic N) is 1. The van der Waals surface area contributed by atoms with Gasteiger partial charge in [0.1, 0.15) is 17.0 Å². The second kappa shape index (κ2) is 6.92. The summed E-state index contributed by atoms with van der Waals surface area (Å²) >= 11 is 0. The number of ether oxygens (including phenoxy) is 2. The van der Waals surface area contributed by atoms with Crippen LogP contribution in [0.15, 0.2) is 18.2 Å². The van der Waals surface area contributed by atoms with E-state index in [-0.39, 0.29) is 24.4 Å². The summed E-state index contributed by atoms with van der Waals surface area (Å²) in [4.78, 5) is 26.8. The molecule has 25 heavy (non-hydrogen) atoms. The van der Waals surface area contributed by atoms with E-state index in [2.05, 4.69) is 10.6 Å². The quantitative estimate of drug-likeness (QED) is 0.790. The molecule has 2 aliphatic heterocycles. The lowest BCUT2D eigenvalue weighted by atomic mass is 9.79. The summed E-state index contributed by atoms with van der Waals surface area (Å²) in [7, 11) is 3.14. The van der Waals surface area contributed by atoms with Gasteiger partial charge in [-0.15, -0.1) is 0 Å². The third-order valence-corrected chi connectivity index (χ3v) is 5.21. The summed E-state index contributed by atoms with van der Waals surface area (Å²) in [5.74, 6) is 1.24. The molecule has 1 aromatic carbocycles. The third kappa shape index (κ3) is 3.28. The molecule has 2 heterocycles. The van der Waals surface area contributed by atoms with Gasteiger partial charge in [0, 0.05) is 6.07 Å². The molecule has 0 radical (unpaired) electrons. The number of rotatable bonds is 5. The zero-order valence-electron chi connectivity index (χ0n) is 14.9. The molecule has 7 nitrogen and oxygen atoms in total. The first-order valence-corrected chi connectivity index (χ1v) is 8.54. The summed E-state index contributed by atoms with van der Waals surface area (Å²) in [6.07, 6.45) is 1.76. The van der Waals surface area contributed by atoms with E-state index in [1.54, 1.807) is 20.3 Å². The van der Waals surface area contributed by atoms with E-state index in [0.717, 1.165) is 31.5 Å². The van der Waals surface area contributed by atoms with E-state index in [1.807, 2.05) is 19.1 Å². The molecule has 1 aromatic rings. The molecule has 136 valence electrons. The molecule has 0 aliphatic carbocycles. The fraction of sp³-hybridized carbons (Fsp3) is 0.556. The van der Waals surface area contributed by atoms with Gasteiger partial charge in [-0.1, -0.05) is 0 Å². The number of carbonyl (C=O) groups excluding carboxylic acids is 2. The number of nitrogens with one attached hydrogen (secondary N) is 2. The number of imide groups is 1. The average Bonchev–Trinajstić information content (AvgIpc) is 2.86. The number of benzene rings is 1. The van der Waals surface area contributed by atoms with Gasteiger partial charge in [-0.2, -0.15) is 0 Å². The maximum Gasteiger partial charge on any atom is 0.325 e. The molecule has 7 heteroatoms. The van der Waals surface area contributed by atoms with Crippen molar-refractivity contribution in [3.8, 4) is 11.5 Å². The van der Waals surface area contributed by atoms with Crippen molar-refractivity contribution in [1.82, 2.24) is 15.5 Å². The Labute approximate surface area is 147 Å². The molecule has 2 saturated heterocycles. The molecule has 3 amide bonds. The molecule has 2 N–H and O–H groups in total. The molecule has 0 spiro atoms. The molecular formula is C18H25N3O4. The normalized spacial score (nSPS) is 24.4. The van der Waals surface area contributed by atoms with Gasteiger partial charge < -0.3 is 20.1 Å². The Kier molecular flexibility index (Phi) is 4.85. The monoisotopic (exact) mass is 347 g/mol. The van der Waals surface area contributed by atoms with Gasteiger partial charge in [0.15, 0.2) is 0 Å². The van der Waals surface area contributed by atoms with Crippen LogP contribution in [-0.2, 0) is 11.3 Å². The maximum absolute atomic E-state index is 13.0. The second-order valence-corrected chi connectivity index (χ2v) is 6.77. The van der Waals surface area contributed by atoms with E-state index in [0.29, 0.717) is 11.5 Å². The summed E-state index contributed by atoms with van der Waals surface area (Å²) in [5.41, 5.74) is -0.0449. The van der Waals surface area contributed by atoms with Gasteiger partial charge in [0.25, 0.3) is 5.91 Å². The van der Waals surface area contributed by atoms with Crippen LogP contribution in [0.25, 0.3) is 0 Å². The van der Waals surface area contributed by atoms with E-state index < -0.39 is 5.54 Å². The highest BCUT2D eigenvalue weighted by molar-refractivity contribution is 6.07. The van der Waals surface area contributed by atoms with Crippen molar-refractivity contribution in [2.24, 2.45) is 5.92 Å². The Morgan fingerprint density at radius 3 is 2.28 bits per heavy atom. The largest absolute Gasteiger partial charge is 0.497 e. The van der Waals surface area contributed by atoms with Crippen molar-refractivity contribution < 1.29 is 19.1 Å². The van der Waals surface area contributed by atoms with Crippen LogP contribution in [0.2, 0.25) is 0 Å². The number of methoxy groups -OCH3 is 2. The van der Waals surface area contributed by atoms with Crippen molar-refractivity contribution in [3.05, 3.63) is 23.8 Å². The predicted octanol–water partition coefficient (Wildman–Crippen LogP) is 1.51. The van der Waals surface area contributed by atoms with Gasteiger partial charge in [0.2, 0.25) is 0 Å². The standard InChI is InChI=1S/C18H25N3O4/c1-18(13-4-6-19-7-5-13)16(22)21(17(23)20-18)11-12-8-14(24-2)10-15(9-12)25-3/h8-10,13,19H,4-7,11H2,1-3H3,(H,20,23)/t18-/m0/s1. The van der Waals surface area contributed by atoms with Crippen LogP contribution in [0, 0.1) is 5.92 Å². The molecule has 1 atom stereocenters. The summed E-state index contributed by atoms with van der Waals surface area (Å²) < 4.78 is 10.5. The number of urea groups is 1. The number of carbonyl (C=O) groups is 2. The van der Waals surface area contributed by atoms with E-state index in [4.69, 9.17) is 9.47 Å². The van der Waals surface area contributed by atoms with Gasteiger partial charge >= 0.3 is 6.03 Å². The Balaban J connectivity index is 1.81. The van der Waals surface area contributed by atoms with Crippen molar-refractivity contribution in [2.75, 3.05) is 27.3 Å². The zero-order chi connectivity index (χ0) is 18.0. The maximum atomic E-state index is 13.0. The van der Waals surface area contributed by atoms with Crippen LogP contribution in [0.5, 0.6) is 11.5 Å². The molecule has 0 bridgehead atoms. The summed E-state index contributed by atoms with van der Waals surface area (Å²) in [6.45, 7) is 3.78. The Morgan fingerprint density at radius 2 is 1.72 bits per heavy atom. The Hall–Kier alpha value is -2.28. The van der Waals surface area contributed by atoms with Crippen LogP contribution < -0.4 is 20.1 Å². The first-order valence-electron chi connectivity index (χ1n) is 8.54. The lowest BCUT2D eigenvalue weighted by molar-refractivity contribution is -0.133. The minimum Gasteiger partial charge on any atom is -0.497 e. The smallest absolute Gasteiger partial charge is 0.325 e. The fourth-order valence-corrected chi connectivity index (χ4v) is 3.68. The lowest BCUT2D eigenvalue weighted by Gasteiger charge is -2.34. The second-order valence-electron chi connectivity index (χ2n) is 6.77. The Bertz CT molecular complexity index is 650. The molecular weight excluding hydrogens is 322 g/mol. The average molecular weight is 347 g/mol. The first-order chi connectivity index (χ1) is 12.0. The summed E-state index contributed by atoms with van der Waals surface area (Å²) in [6, 6.07) is 5.04. The van der Waals surface area contributed by atoms with Crippen LogP contribution in [-0.4, -0.2) is 49.7 Å². The van der Waals surface area contributed by atoms with Crippen molar-refractivity contribution in [2.45, 2.75) is 31.8 Å². The van der Waals surface area contributed by atoms with E-state index >= 15 is 0 Å². The van der Waals surface area contributed by atoms with E-state index in [9.17, 15) is 9.59 Å². The molecule has 0 unspecified atom stereocenters. The zero-order valence-corrected chi connectivity index (χ0v) is 14.9. The molecule has 2 fully saturated rings. The number of piperidine rings is 1. The molecule has 2 aliphatic rings. The molecule has 0 saturated carbocycles. The SMILES string of the molecule is COc1cc(CN2C(=O)N[C@@](C)(C3CCNCC3)C2=O)cc(OC)c1. The highest BCUT2D eigenvalue weighted by Gasteiger charge is 2.52. The van der Waals surface area contributed by atoms with Crippen molar-refractivity contribution >= 4 is 11.9 Å². The van der Waals surface area contributed by atoms with Crippen LogP contribution in [0.3, 0.4) is 0 Å². The number of hydrogen-bond acceptors (Lipinski definition) is 5. The molecule has 3 rings (SSSR count). The predicted molar refractivity (Wildman–Crippen MR) is 92.6 cm³/mol. The Morgan fingerprint density at radius 1 is 1.12 bits per heavy atom. The number of hydrogen-bond donors (Lipinski definition) is 2. The minimum atomic E-state index is -0.831. The van der Waals surface area contributed by atoms with Crippen LogP contribution in [0.4, 0.5) is 4.79 Å². The highest BCUT2D eigenvalue weighted by atomic mass is 16.5. The highest BCUT2D eigenvalue weighted by Crippen LogP contribution is 2.33. The summed E-state index contributed by atoms with van der Waals surface area (Å²) in [5, 5.41) is 6.22. The van der Waals surface area contributed by atoms with Crippen molar-refractivity contribution in [3.63, 3.8) is 0 Å². The van der Waals surface area contributed by atoms with Crippen LogP contribution in [0.1, 0.15) is 25.3 Å². The van der Waals surface area contributed by atoms with Crippen LogP contribution >= 0.6 is 0 Å². The fourth-order valence-electron chi connectivity index (χ4n) is 3.68. The topological polar surface area (TPSA) is 79.9 Å². The molecule has 0 aromatic heterocycles. The van der Waals surface area contributed by atoms with Gasteiger partial charge in [-0.25, -0.2) is 4.79 Å². The first kappa shape index (κ1) is 17.5. The minimum absolute atomic E-state index is 0.148. The van der Waals surface area contributed by atoms with E-state index in [1.165, 1.54) is 4.90 Å². The van der Waals surface area contributed by atoms with Gasteiger partial charge in [-0.3, -0.25) is 9.69 Å². The van der Waals surface area contributed by atoms with Gasteiger partial charge in [0.05, 0.1) is 20.8 Å². The van der Waals surface area contributed by atoms with Crippen molar-refractivity contribution in [1.29, 1.82) is 0 Å². The lowest BCUT2D eigenvalue weighted by Crippen LogP contribution is -2.53. The third-order valence-electron chi connectivity index (χ3n) is 5.21.